The Kier molecular flexibility index (Phi) is 7.71. The molecular formula is C50H33NOS. The third-order valence-corrected chi connectivity index (χ3v) is 11.3. The lowest BCUT2D eigenvalue weighted by molar-refractivity contribution is 0.631. The van der Waals surface area contributed by atoms with Crippen LogP contribution in [0.3, 0.4) is 0 Å². The zero-order chi connectivity index (χ0) is 35.1. The van der Waals surface area contributed by atoms with Gasteiger partial charge in [0.05, 0.1) is 0 Å². The van der Waals surface area contributed by atoms with E-state index in [1.807, 2.05) is 29.5 Å². The van der Waals surface area contributed by atoms with Crippen molar-refractivity contribution >= 4 is 59.5 Å². The number of fused-ring (bicyclic) bond motifs is 4. The van der Waals surface area contributed by atoms with E-state index in [9.17, 15) is 0 Å². The fraction of sp³-hybridized carbons (Fsp3) is 0. The lowest BCUT2D eigenvalue weighted by Crippen LogP contribution is -2.09. The number of hydrogen-bond donors (Lipinski definition) is 0. The summed E-state index contributed by atoms with van der Waals surface area (Å²) in [6, 6.07) is 71.6. The SMILES string of the molecule is c1ccc(-c2ccc(N(c3ccc(-c4ccc(-c5ccc6sc7ccccc7c6c5)cc4)cc3)c3ccc(-c4cc5ccccc5o4)cc3)cc2)cc1. The number of nitrogens with zero attached hydrogens (tertiary/aromatic N) is 1. The molecule has 3 heteroatoms. The lowest BCUT2D eigenvalue weighted by atomic mass is 9.99. The molecule has 0 amide bonds. The Labute approximate surface area is 312 Å². The minimum atomic E-state index is 0.868. The van der Waals surface area contributed by atoms with Gasteiger partial charge < -0.3 is 9.32 Å². The Hall–Kier alpha value is -6.68. The Morgan fingerprint density at radius 1 is 0.340 bits per heavy atom. The Balaban J connectivity index is 0.964. The van der Waals surface area contributed by atoms with Crippen molar-refractivity contribution in [2.45, 2.75) is 0 Å². The van der Waals surface area contributed by atoms with E-state index in [2.05, 4.69) is 187 Å². The molecule has 10 rings (SSSR count). The zero-order valence-electron chi connectivity index (χ0n) is 28.8. The van der Waals surface area contributed by atoms with Crippen LogP contribution in [0.2, 0.25) is 0 Å². The maximum absolute atomic E-state index is 6.18. The molecule has 0 atom stereocenters. The molecular weight excluding hydrogens is 663 g/mol. The molecule has 0 radical (unpaired) electrons. The molecule has 53 heavy (non-hydrogen) atoms. The van der Waals surface area contributed by atoms with Gasteiger partial charge in [0.2, 0.25) is 0 Å². The van der Waals surface area contributed by atoms with Gasteiger partial charge in [0.25, 0.3) is 0 Å². The highest BCUT2D eigenvalue weighted by atomic mass is 32.1. The first-order valence-corrected chi connectivity index (χ1v) is 18.7. The summed E-state index contributed by atoms with van der Waals surface area (Å²) in [5.41, 5.74) is 12.4. The summed E-state index contributed by atoms with van der Waals surface area (Å²) in [6.07, 6.45) is 0. The third-order valence-electron chi connectivity index (χ3n) is 10.1. The number of anilines is 3. The van der Waals surface area contributed by atoms with E-state index in [0.717, 1.165) is 39.4 Å². The molecule has 0 fully saturated rings. The van der Waals surface area contributed by atoms with Gasteiger partial charge in [0, 0.05) is 48.2 Å². The molecule has 0 unspecified atom stereocenters. The van der Waals surface area contributed by atoms with Crippen molar-refractivity contribution in [3.63, 3.8) is 0 Å². The van der Waals surface area contributed by atoms with Crippen molar-refractivity contribution in [3.8, 4) is 44.7 Å². The van der Waals surface area contributed by atoms with Gasteiger partial charge in [0.15, 0.2) is 0 Å². The summed E-state index contributed by atoms with van der Waals surface area (Å²) in [5.74, 6) is 0.868. The first-order chi connectivity index (χ1) is 26.2. The van der Waals surface area contributed by atoms with E-state index in [1.54, 1.807) is 0 Å². The average molecular weight is 696 g/mol. The maximum Gasteiger partial charge on any atom is 0.135 e. The molecule has 0 bridgehead atoms. The van der Waals surface area contributed by atoms with Crippen molar-refractivity contribution in [3.05, 3.63) is 200 Å². The second kappa shape index (κ2) is 13.1. The van der Waals surface area contributed by atoms with E-state index in [1.165, 1.54) is 53.6 Å². The molecule has 0 saturated heterocycles. The molecule has 0 N–H and O–H groups in total. The number of hydrogen-bond acceptors (Lipinski definition) is 3. The summed E-state index contributed by atoms with van der Waals surface area (Å²) in [4.78, 5) is 2.31. The van der Waals surface area contributed by atoms with Crippen molar-refractivity contribution in [2.24, 2.45) is 0 Å². The van der Waals surface area contributed by atoms with Gasteiger partial charge in [-0.3, -0.25) is 0 Å². The minimum Gasteiger partial charge on any atom is -0.456 e. The fourth-order valence-corrected chi connectivity index (χ4v) is 8.43. The predicted molar refractivity (Wildman–Crippen MR) is 226 cm³/mol. The van der Waals surface area contributed by atoms with E-state index in [4.69, 9.17) is 4.42 Å². The quantitative estimate of drug-likeness (QED) is 0.165. The Morgan fingerprint density at radius 3 is 1.45 bits per heavy atom. The zero-order valence-corrected chi connectivity index (χ0v) is 29.6. The van der Waals surface area contributed by atoms with Gasteiger partial charge >= 0.3 is 0 Å². The topological polar surface area (TPSA) is 16.4 Å². The first kappa shape index (κ1) is 31.1. The van der Waals surface area contributed by atoms with Gasteiger partial charge in [-0.1, -0.05) is 121 Å². The van der Waals surface area contributed by atoms with Gasteiger partial charge in [-0.05, 0) is 112 Å². The molecule has 2 aromatic heterocycles. The van der Waals surface area contributed by atoms with E-state index >= 15 is 0 Å². The van der Waals surface area contributed by atoms with Crippen LogP contribution in [0.15, 0.2) is 205 Å². The number of rotatable bonds is 7. The number of benzene rings is 8. The largest absolute Gasteiger partial charge is 0.456 e. The molecule has 0 aliphatic heterocycles. The monoisotopic (exact) mass is 695 g/mol. The highest BCUT2D eigenvalue weighted by Crippen LogP contribution is 2.39. The third kappa shape index (κ3) is 5.87. The molecule has 0 aliphatic carbocycles. The number of thiophene rings is 1. The summed E-state index contributed by atoms with van der Waals surface area (Å²) < 4.78 is 8.85. The van der Waals surface area contributed by atoms with Gasteiger partial charge in [-0.2, -0.15) is 0 Å². The molecule has 0 aliphatic rings. The fourth-order valence-electron chi connectivity index (χ4n) is 7.34. The van der Waals surface area contributed by atoms with Crippen LogP contribution >= 0.6 is 11.3 Å². The minimum absolute atomic E-state index is 0.868. The summed E-state index contributed by atoms with van der Waals surface area (Å²) in [6.45, 7) is 0. The molecule has 2 heterocycles. The summed E-state index contributed by atoms with van der Waals surface area (Å²) in [5, 5.41) is 3.76. The second-order valence-corrected chi connectivity index (χ2v) is 14.5. The first-order valence-electron chi connectivity index (χ1n) is 17.9. The van der Waals surface area contributed by atoms with Crippen molar-refractivity contribution in [2.75, 3.05) is 4.90 Å². The standard InChI is InChI=1S/C50H33NOS/c1-2-8-34(9-3-1)36-18-25-42(26-19-36)51(44-29-22-39(23-30-44)48-33-41-10-4-6-12-47(41)52-48)43-27-20-37(21-28-43)35-14-16-38(17-15-35)40-24-31-50-46(32-40)45-11-5-7-13-49(45)53-50/h1-33H. The van der Waals surface area contributed by atoms with E-state index in [-0.39, 0.29) is 0 Å². The molecule has 8 aromatic carbocycles. The van der Waals surface area contributed by atoms with Crippen LogP contribution in [0, 0.1) is 0 Å². The van der Waals surface area contributed by atoms with Gasteiger partial charge in [0.1, 0.15) is 11.3 Å². The predicted octanol–water partition coefficient (Wildman–Crippen LogP) is 14.9. The molecule has 0 spiro atoms. The molecule has 0 saturated carbocycles. The van der Waals surface area contributed by atoms with Crippen molar-refractivity contribution in [1.82, 2.24) is 0 Å². The second-order valence-electron chi connectivity index (χ2n) is 13.4. The lowest BCUT2D eigenvalue weighted by Gasteiger charge is -2.26. The van der Waals surface area contributed by atoms with Crippen LogP contribution in [0.5, 0.6) is 0 Å². The van der Waals surface area contributed by atoms with Crippen LogP contribution in [-0.2, 0) is 0 Å². The highest BCUT2D eigenvalue weighted by molar-refractivity contribution is 7.25. The molecule has 2 nitrogen and oxygen atoms in total. The number of para-hydroxylation sites is 1. The van der Waals surface area contributed by atoms with Gasteiger partial charge in [-0.15, -0.1) is 11.3 Å². The van der Waals surface area contributed by atoms with Crippen LogP contribution < -0.4 is 4.90 Å². The summed E-state index contributed by atoms with van der Waals surface area (Å²) >= 11 is 1.86. The smallest absolute Gasteiger partial charge is 0.135 e. The van der Waals surface area contributed by atoms with Gasteiger partial charge in [-0.25, -0.2) is 0 Å². The van der Waals surface area contributed by atoms with Crippen LogP contribution in [0.4, 0.5) is 17.1 Å². The Bertz CT molecular complexity index is 2820. The van der Waals surface area contributed by atoms with Crippen LogP contribution in [0.1, 0.15) is 0 Å². The highest BCUT2D eigenvalue weighted by Gasteiger charge is 2.15. The average Bonchev–Trinajstić information content (AvgIpc) is 3.84. The normalized spacial score (nSPS) is 11.4. The molecule has 250 valence electrons. The Morgan fingerprint density at radius 2 is 0.811 bits per heavy atom. The maximum atomic E-state index is 6.18. The van der Waals surface area contributed by atoms with Crippen molar-refractivity contribution < 1.29 is 4.42 Å². The van der Waals surface area contributed by atoms with Crippen molar-refractivity contribution in [1.29, 1.82) is 0 Å². The molecule has 10 aromatic rings. The van der Waals surface area contributed by atoms with Crippen LogP contribution in [0.25, 0.3) is 75.8 Å². The van der Waals surface area contributed by atoms with Crippen LogP contribution in [-0.4, -0.2) is 0 Å². The van der Waals surface area contributed by atoms with E-state index < -0.39 is 0 Å². The summed E-state index contributed by atoms with van der Waals surface area (Å²) in [7, 11) is 0. The number of furan rings is 1. The van der Waals surface area contributed by atoms with E-state index in [0.29, 0.717) is 0 Å².